The van der Waals surface area contributed by atoms with Gasteiger partial charge in [0.05, 0.1) is 25.8 Å². The number of hydrogen-bond donors (Lipinski definition) is 1. The van der Waals surface area contributed by atoms with Crippen LogP contribution in [-0.4, -0.2) is 25.7 Å². The molecule has 0 heterocycles. The van der Waals surface area contributed by atoms with Gasteiger partial charge in [0.2, 0.25) is 0 Å². The van der Waals surface area contributed by atoms with E-state index in [1.807, 2.05) is 48.2 Å². The minimum absolute atomic E-state index is 0.121. The van der Waals surface area contributed by atoms with E-state index in [1.54, 1.807) is 12.1 Å². The lowest BCUT2D eigenvalue weighted by Crippen LogP contribution is -2.35. The van der Waals surface area contributed by atoms with Gasteiger partial charge in [-0.2, -0.15) is 0 Å². The van der Waals surface area contributed by atoms with Gasteiger partial charge in [0.1, 0.15) is 5.82 Å². The molecule has 3 aromatic rings. The Morgan fingerprint density at radius 1 is 1.17 bits per heavy atom. The normalized spacial score (nSPS) is 11.5. The van der Waals surface area contributed by atoms with Gasteiger partial charge in [-0.3, -0.25) is 4.79 Å². The number of nitrogens with one attached hydrogen (secondary N) is 1. The molecule has 1 atom stereocenters. The Balaban J connectivity index is 1.92. The molecule has 0 saturated carbocycles. The fourth-order valence-electron chi connectivity index (χ4n) is 3.25. The van der Waals surface area contributed by atoms with Gasteiger partial charge in [0.15, 0.2) is 0 Å². The van der Waals surface area contributed by atoms with Crippen LogP contribution in [0.1, 0.15) is 13.3 Å². The first kappa shape index (κ1) is 21.5. The van der Waals surface area contributed by atoms with Crippen molar-refractivity contribution in [2.24, 2.45) is 0 Å². The van der Waals surface area contributed by atoms with Gasteiger partial charge < -0.3 is 14.4 Å². The number of carbonyl (C=O) groups excluding carboxylic acids is 1. The third kappa shape index (κ3) is 5.05. The van der Waals surface area contributed by atoms with Crippen LogP contribution >= 0.6 is 11.9 Å². The zero-order chi connectivity index (χ0) is 21.5. The van der Waals surface area contributed by atoms with Gasteiger partial charge in [-0.05, 0) is 55.3 Å². The van der Waals surface area contributed by atoms with E-state index >= 15 is 0 Å². The molecular weight excluding hydrogens is 399 g/mol. The third-order valence-electron chi connectivity index (χ3n) is 4.79. The van der Waals surface area contributed by atoms with E-state index in [4.69, 9.17) is 11.2 Å². The number of rotatable bonds is 8. The fourth-order valence-corrected chi connectivity index (χ4v) is 3.93. The highest BCUT2D eigenvalue weighted by Gasteiger charge is 2.20. The number of carbonyl (C=O) groups is 1. The average Bonchev–Trinajstić information content (AvgIpc) is 2.77. The van der Waals surface area contributed by atoms with E-state index in [2.05, 4.69) is 10.6 Å². The van der Waals surface area contributed by atoms with E-state index in [0.29, 0.717) is 6.54 Å². The van der Waals surface area contributed by atoms with Crippen LogP contribution < -0.4 is 9.62 Å². The van der Waals surface area contributed by atoms with Crippen LogP contribution in [0.5, 0.6) is 0 Å². The Kier molecular flexibility index (Phi) is 7.21. The Hall–Kier alpha value is -3.17. The standard InChI is InChI=1S/C24H23FN2O2S/c1-4-15-27(17(2)16-24(28)29-3)23-14-13-22(20-7-5-6-8-21(20)23)26-30-19-11-9-18(25)10-12-19/h1,5-14,17,26H,15-16H2,2-3H3/t17-/m0/s1. The van der Waals surface area contributed by atoms with Crippen LogP contribution in [0, 0.1) is 18.2 Å². The summed E-state index contributed by atoms with van der Waals surface area (Å²) >= 11 is 1.42. The van der Waals surface area contributed by atoms with Crippen molar-refractivity contribution in [1.29, 1.82) is 0 Å². The predicted octanol–water partition coefficient (Wildman–Crippen LogP) is 5.49. The summed E-state index contributed by atoms with van der Waals surface area (Å²) in [7, 11) is 1.38. The number of nitrogens with zero attached hydrogens (tertiary/aromatic N) is 1. The summed E-state index contributed by atoms with van der Waals surface area (Å²) in [5, 5.41) is 2.05. The van der Waals surface area contributed by atoms with Crippen LogP contribution in [-0.2, 0) is 9.53 Å². The number of hydrogen-bond acceptors (Lipinski definition) is 5. The van der Waals surface area contributed by atoms with Crippen molar-refractivity contribution in [3.63, 3.8) is 0 Å². The second-order valence-electron chi connectivity index (χ2n) is 6.80. The highest BCUT2D eigenvalue weighted by atomic mass is 32.2. The van der Waals surface area contributed by atoms with E-state index in [1.165, 1.54) is 31.2 Å². The molecule has 0 fully saturated rings. The average molecular weight is 423 g/mol. The second kappa shape index (κ2) is 10.0. The molecule has 4 nitrogen and oxygen atoms in total. The minimum Gasteiger partial charge on any atom is -0.469 e. The molecule has 154 valence electrons. The van der Waals surface area contributed by atoms with E-state index < -0.39 is 0 Å². The van der Waals surface area contributed by atoms with Crippen molar-refractivity contribution in [3.05, 3.63) is 66.5 Å². The molecule has 0 aromatic heterocycles. The Bertz CT molecular complexity index is 1060. The van der Waals surface area contributed by atoms with Gasteiger partial charge in [-0.25, -0.2) is 4.39 Å². The zero-order valence-electron chi connectivity index (χ0n) is 16.9. The van der Waals surface area contributed by atoms with Crippen LogP contribution in [0.15, 0.2) is 65.6 Å². The quantitative estimate of drug-likeness (QED) is 0.295. The molecule has 0 aliphatic rings. The third-order valence-corrected chi connectivity index (χ3v) is 5.62. The summed E-state index contributed by atoms with van der Waals surface area (Å²) in [5.74, 6) is 2.16. The number of fused-ring (bicyclic) bond motifs is 1. The largest absolute Gasteiger partial charge is 0.469 e. The molecule has 0 aliphatic carbocycles. The Labute approximate surface area is 180 Å². The molecule has 0 amide bonds. The lowest BCUT2D eigenvalue weighted by Gasteiger charge is -2.30. The monoisotopic (exact) mass is 422 g/mol. The zero-order valence-corrected chi connectivity index (χ0v) is 17.7. The summed E-state index contributed by atoms with van der Waals surface area (Å²) in [6.07, 6.45) is 5.86. The van der Waals surface area contributed by atoms with Crippen molar-refractivity contribution < 1.29 is 13.9 Å². The van der Waals surface area contributed by atoms with Crippen LogP contribution in [0.25, 0.3) is 10.8 Å². The van der Waals surface area contributed by atoms with E-state index in [9.17, 15) is 9.18 Å². The van der Waals surface area contributed by atoms with E-state index in [-0.39, 0.29) is 24.2 Å². The van der Waals surface area contributed by atoms with Crippen LogP contribution in [0.2, 0.25) is 0 Å². The van der Waals surface area contributed by atoms with Gasteiger partial charge in [-0.15, -0.1) is 6.42 Å². The van der Waals surface area contributed by atoms with Crippen molar-refractivity contribution in [2.75, 3.05) is 23.3 Å². The van der Waals surface area contributed by atoms with Crippen molar-refractivity contribution in [2.45, 2.75) is 24.3 Å². The fraction of sp³-hybridized carbons (Fsp3) is 0.208. The van der Waals surface area contributed by atoms with Gasteiger partial charge in [0.25, 0.3) is 0 Å². The highest BCUT2D eigenvalue weighted by molar-refractivity contribution is 8.00. The number of ether oxygens (including phenoxy) is 1. The number of anilines is 2. The lowest BCUT2D eigenvalue weighted by atomic mass is 10.0. The minimum atomic E-state index is -0.275. The van der Waals surface area contributed by atoms with Crippen molar-refractivity contribution in [1.82, 2.24) is 0 Å². The first-order valence-corrected chi connectivity index (χ1v) is 10.3. The maximum atomic E-state index is 13.1. The summed E-state index contributed by atoms with van der Waals surface area (Å²) in [5.41, 5.74) is 1.89. The lowest BCUT2D eigenvalue weighted by molar-refractivity contribution is -0.140. The Morgan fingerprint density at radius 3 is 2.53 bits per heavy atom. The molecule has 0 aliphatic heterocycles. The number of halogens is 1. The Morgan fingerprint density at radius 2 is 1.87 bits per heavy atom. The molecule has 30 heavy (non-hydrogen) atoms. The first-order chi connectivity index (χ1) is 14.5. The molecule has 0 spiro atoms. The summed E-state index contributed by atoms with van der Waals surface area (Å²) in [6.45, 7) is 2.33. The molecule has 3 rings (SSSR count). The molecule has 0 bridgehead atoms. The number of terminal acetylenes is 1. The smallest absolute Gasteiger partial charge is 0.307 e. The molecule has 0 unspecified atom stereocenters. The molecule has 6 heteroatoms. The summed E-state index contributed by atoms with van der Waals surface area (Å²) in [4.78, 5) is 14.7. The second-order valence-corrected chi connectivity index (χ2v) is 7.68. The highest BCUT2D eigenvalue weighted by Crippen LogP contribution is 2.35. The predicted molar refractivity (Wildman–Crippen MR) is 122 cm³/mol. The van der Waals surface area contributed by atoms with Gasteiger partial charge >= 0.3 is 5.97 Å². The van der Waals surface area contributed by atoms with Crippen LogP contribution in [0.3, 0.4) is 0 Å². The first-order valence-electron chi connectivity index (χ1n) is 9.50. The number of esters is 1. The van der Waals surface area contributed by atoms with Crippen molar-refractivity contribution in [3.8, 4) is 12.3 Å². The molecule has 3 aromatic carbocycles. The van der Waals surface area contributed by atoms with Crippen LogP contribution in [0.4, 0.5) is 15.8 Å². The molecular formula is C24H23FN2O2S. The molecule has 0 radical (unpaired) electrons. The van der Waals surface area contributed by atoms with Gasteiger partial charge in [0, 0.05) is 27.4 Å². The number of methoxy groups -OCH3 is 1. The van der Waals surface area contributed by atoms with Crippen molar-refractivity contribution >= 4 is 40.1 Å². The summed E-state index contributed by atoms with van der Waals surface area (Å²) < 4.78 is 21.3. The molecule has 1 N–H and O–H groups in total. The van der Waals surface area contributed by atoms with E-state index in [0.717, 1.165) is 27.0 Å². The van der Waals surface area contributed by atoms with Gasteiger partial charge in [-0.1, -0.05) is 30.2 Å². The summed E-state index contributed by atoms with van der Waals surface area (Å²) in [6, 6.07) is 18.2. The topological polar surface area (TPSA) is 41.6 Å². The maximum absolute atomic E-state index is 13.1. The maximum Gasteiger partial charge on any atom is 0.307 e. The molecule has 0 saturated heterocycles. The number of benzene rings is 3. The SMILES string of the molecule is C#CCN(c1ccc(NSc2ccc(F)cc2)c2ccccc12)[C@@H](C)CC(=O)OC.